The maximum atomic E-state index is 12.8. The Balaban J connectivity index is 1.68. The van der Waals surface area contributed by atoms with E-state index in [0.29, 0.717) is 0 Å². The summed E-state index contributed by atoms with van der Waals surface area (Å²) in [4.78, 5) is 0. The average molecular weight is 350 g/mol. The van der Waals surface area contributed by atoms with E-state index in [1.807, 2.05) is 4.68 Å². The molecule has 0 amide bonds. The van der Waals surface area contributed by atoms with Crippen LogP contribution in [-0.4, -0.2) is 16.3 Å². The molecule has 3 aromatic rings. The van der Waals surface area contributed by atoms with E-state index in [-0.39, 0.29) is 17.9 Å². The van der Waals surface area contributed by atoms with E-state index in [1.165, 1.54) is 33.4 Å². The molecule has 6 rings (SSSR count). The molecule has 3 aliphatic rings. The van der Waals surface area contributed by atoms with E-state index >= 15 is 0 Å². The molecule has 0 N–H and O–H groups in total. The van der Waals surface area contributed by atoms with Crippen LogP contribution in [0.4, 0.5) is 0 Å². The zero-order valence-electron chi connectivity index (χ0n) is 14.8. The van der Waals surface area contributed by atoms with Gasteiger partial charge in [0.25, 0.3) is 0 Å². The molecule has 0 bridgehead atoms. The molecule has 27 heavy (non-hydrogen) atoms. The predicted molar refractivity (Wildman–Crippen MR) is 104 cm³/mol. The summed E-state index contributed by atoms with van der Waals surface area (Å²) < 4.78 is 2.02. The lowest BCUT2D eigenvalue weighted by molar-refractivity contribution is -0.573. The fraction of sp³-hybridized carbons (Fsp3) is 0.167. The summed E-state index contributed by atoms with van der Waals surface area (Å²) in [6.07, 6.45) is 1.83. The normalized spacial score (nSPS) is 22.0. The van der Waals surface area contributed by atoms with Gasteiger partial charge in [-0.1, -0.05) is 65.3 Å². The molecule has 0 saturated heterocycles. The molecular weight excluding hydrogens is 332 g/mol. The zero-order valence-corrected chi connectivity index (χ0v) is 14.8. The first-order chi connectivity index (χ1) is 13.3. The van der Waals surface area contributed by atoms with Crippen molar-refractivity contribution < 1.29 is 9.79 Å². The highest BCUT2D eigenvalue weighted by molar-refractivity contribution is 6.22. The van der Waals surface area contributed by atoms with Gasteiger partial charge < -0.3 is 5.11 Å². The smallest absolute Gasteiger partial charge is 0.248 e. The van der Waals surface area contributed by atoms with Crippen molar-refractivity contribution in [1.29, 1.82) is 0 Å². The van der Waals surface area contributed by atoms with E-state index < -0.39 is 0 Å². The number of hydrazone groups is 1. The van der Waals surface area contributed by atoms with Crippen molar-refractivity contribution in [2.75, 3.05) is 0 Å². The number of nitrogens with zero attached hydrogens (tertiary/aromatic N) is 2. The van der Waals surface area contributed by atoms with Gasteiger partial charge in [-0.05, 0) is 46.8 Å². The molecule has 130 valence electrons. The molecule has 1 aliphatic heterocycles. The van der Waals surface area contributed by atoms with Crippen molar-refractivity contribution in [1.82, 2.24) is 0 Å². The second-order valence-corrected chi connectivity index (χ2v) is 7.51. The van der Waals surface area contributed by atoms with Gasteiger partial charge in [-0.3, -0.25) is 0 Å². The second kappa shape index (κ2) is 5.40. The summed E-state index contributed by atoms with van der Waals surface area (Å²) in [7, 11) is 0. The number of hydrogen-bond donors (Lipinski definition) is 0. The Morgan fingerprint density at radius 2 is 1.37 bits per heavy atom. The summed E-state index contributed by atoms with van der Waals surface area (Å²) in [6, 6.07) is 25.4. The Hall–Kier alpha value is -3.20. The minimum absolute atomic E-state index is 0.00309. The van der Waals surface area contributed by atoms with Gasteiger partial charge in [0.05, 0.1) is 17.0 Å². The molecule has 0 saturated carbocycles. The standard InChI is InChI=1S/C24H18N2O/c27-24-21-14-13-15-7-1-2-8-16(15)22(21)26(25-24)23-19-11-5-3-9-17(19)18-10-4-6-12-20(18)23/h1-12,21-22H,13-14H2/t21-,22+/m0/s1. The molecule has 3 heteroatoms. The van der Waals surface area contributed by atoms with E-state index in [1.54, 1.807) is 0 Å². The molecule has 3 nitrogen and oxygen atoms in total. The van der Waals surface area contributed by atoms with Crippen LogP contribution >= 0.6 is 0 Å². The number of rotatable bonds is 0. The Labute approximate surface area is 157 Å². The Kier molecular flexibility index (Phi) is 2.98. The van der Waals surface area contributed by atoms with E-state index in [2.05, 4.69) is 77.9 Å². The van der Waals surface area contributed by atoms with Crippen molar-refractivity contribution in [2.24, 2.45) is 11.0 Å². The van der Waals surface area contributed by atoms with Gasteiger partial charge in [0, 0.05) is 11.5 Å². The number of fused-ring (bicyclic) bond motifs is 6. The highest BCUT2D eigenvalue weighted by Gasteiger charge is 2.47. The molecule has 0 aromatic heterocycles. The lowest BCUT2D eigenvalue weighted by atomic mass is 9.80. The number of aryl methyl sites for hydroxylation is 1. The molecule has 3 aromatic carbocycles. The second-order valence-electron chi connectivity index (χ2n) is 7.51. The molecule has 2 atom stereocenters. The van der Waals surface area contributed by atoms with Crippen LogP contribution < -0.4 is 5.11 Å². The average Bonchev–Trinajstić information content (AvgIpc) is 3.23. The van der Waals surface area contributed by atoms with Crippen molar-refractivity contribution in [3.63, 3.8) is 0 Å². The topological polar surface area (TPSA) is 38.4 Å². The van der Waals surface area contributed by atoms with Crippen LogP contribution in [0.3, 0.4) is 0 Å². The third kappa shape index (κ3) is 1.97. The van der Waals surface area contributed by atoms with Gasteiger partial charge in [-0.2, -0.15) is 0 Å². The van der Waals surface area contributed by atoms with Gasteiger partial charge in [0.2, 0.25) is 11.8 Å². The van der Waals surface area contributed by atoms with Crippen molar-refractivity contribution in [3.05, 3.63) is 95.1 Å². The van der Waals surface area contributed by atoms with Crippen LogP contribution in [-0.2, 0) is 6.42 Å². The highest BCUT2D eigenvalue weighted by Crippen LogP contribution is 2.44. The minimum atomic E-state index is -0.0488. The summed E-state index contributed by atoms with van der Waals surface area (Å²) >= 11 is 0. The van der Waals surface area contributed by atoms with Gasteiger partial charge in [-0.25, -0.2) is 0 Å². The molecule has 0 fully saturated rings. The molecule has 0 unspecified atom stereocenters. The lowest BCUT2D eigenvalue weighted by Crippen LogP contribution is -2.33. The van der Waals surface area contributed by atoms with Crippen molar-refractivity contribution in [3.8, 4) is 11.1 Å². The Bertz CT molecular complexity index is 1110. The summed E-state index contributed by atoms with van der Waals surface area (Å²) in [5.41, 5.74) is 8.43. The number of benzene rings is 3. The van der Waals surface area contributed by atoms with Crippen LogP contribution in [0.2, 0.25) is 0 Å². The van der Waals surface area contributed by atoms with Gasteiger partial charge in [0.1, 0.15) is 0 Å². The molecule has 2 aliphatic carbocycles. The monoisotopic (exact) mass is 350 g/mol. The summed E-state index contributed by atoms with van der Waals surface area (Å²) in [5.74, 6) is -0.0313. The summed E-state index contributed by atoms with van der Waals surface area (Å²) in [6.45, 7) is 0. The fourth-order valence-electron chi connectivity index (χ4n) is 4.97. The first-order valence-electron chi connectivity index (χ1n) is 9.51. The first kappa shape index (κ1) is 14.9. The highest BCUT2D eigenvalue weighted by atomic mass is 16.3. The number of hydrogen-bond acceptors (Lipinski definition) is 2. The molecular formula is C24H18N2O. The van der Waals surface area contributed by atoms with E-state index in [9.17, 15) is 5.11 Å². The van der Waals surface area contributed by atoms with Crippen molar-refractivity contribution >= 4 is 11.6 Å². The quantitative estimate of drug-likeness (QED) is 0.447. The summed E-state index contributed by atoms with van der Waals surface area (Å²) in [5, 5.41) is 17.4. The minimum Gasteiger partial charge on any atom is -0.857 e. The largest absolute Gasteiger partial charge is 0.857 e. The Morgan fingerprint density at radius 1 is 0.778 bits per heavy atom. The SMILES string of the molecule is [O-]C1=N[N+](=C2c3ccccc3-c3ccccc32)[C@@H]2c3ccccc3CC[C@H]12. The van der Waals surface area contributed by atoms with Crippen LogP contribution in [0.1, 0.15) is 34.7 Å². The van der Waals surface area contributed by atoms with Crippen LogP contribution in [0.25, 0.3) is 11.1 Å². The Morgan fingerprint density at radius 3 is 2.07 bits per heavy atom. The predicted octanol–water partition coefficient (Wildman–Crippen LogP) is 3.51. The molecule has 0 radical (unpaired) electrons. The maximum absolute atomic E-state index is 12.8. The van der Waals surface area contributed by atoms with Crippen molar-refractivity contribution in [2.45, 2.75) is 18.9 Å². The van der Waals surface area contributed by atoms with Crippen LogP contribution in [0, 0.1) is 5.92 Å². The van der Waals surface area contributed by atoms with Crippen LogP contribution in [0.5, 0.6) is 0 Å². The molecule has 0 spiro atoms. The third-order valence-corrected chi connectivity index (χ3v) is 6.15. The molecule has 1 heterocycles. The maximum Gasteiger partial charge on any atom is 0.248 e. The zero-order chi connectivity index (χ0) is 18.0. The van der Waals surface area contributed by atoms with Gasteiger partial charge in [-0.15, -0.1) is 0 Å². The lowest BCUT2D eigenvalue weighted by Gasteiger charge is -2.26. The van der Waals surface area contributed by atoms with Crippen LogP contribution in [0.15, 0.2) is 77.9 Å². The van der Waals surface area contributed by atoms with Gasteiger partial charge >= 0.3 is 0 Å². The first-order valence-corrected chi connectivity index (χ1v) is 9.51. The van der Waals surface area contributed by atoms with Gasteiger partial charge in [0.15, 0.2) is 0 Å². The van der Waals surface area contributed by atoms with E-state index in [0.717, 1.165) is 18.6 Å². The fourth-order valence-corrected chi connectivity index (χ4v) is 4.97. The third-order valence-electron chi connectivity index (χ3n) is 6.15. The van der Waals surface area contributed by atoms with E-state index in [4.69, 9.17) is 0 Å².